The number of hydrogen-bond donors (Lipinski definition) is 2. The Morgan fingerprint density at radius 3 is 2.67 bits per heavy atom. The second-order valence-electron chi connectivity index (χ2n) is 4.40. The van der Waals surface area contributed by atoms with E-state index >= 15 is 0 Å². The summed E-state index contributed by atoms with van der Waals surface area (Å²) in [7, 11) is 0. The molecular weight excluding hydrogens is 261 g/mol. The largest absolute Gasteiger partial charge is 0.399 e. The van der Waals surface area contributed by atoms with E-state index in [9.17, 15) is 13.2 Å². The Morgan fingerprint density at radius 1 is 1.33 bits per heavy atom. The summed E-state index contributed by atoms with van der Waals surface area (Å²) in [5.74, 6) is -2.24. The van der Waals surface area contributed by atoms with Gasteiger partial charge in [-0.3, -0.25) is 4.39 Å². The zero-order chi connectivity index (χ0) is 13.3. The molecule has 2 rings (SSSR count). The molecule has 1 fully saturated rings. The Labute approximate surface area is 108 Å². The lowest BCUT2D eigenvalue weighted by atomic mass is 9.91. The number of benzene rings is 1. The minimum Gasteiger partial charge on any atom is -0.399 e. The van der Waals surface area contributed by atoms with E-state index in [1.807, 2.05) is 0 Å². The highest BCUT2D eigenvalue weighted by atomic mass is 32.1. The number of nitrogen functional groups attached to an aromatic ring is 1. The lowest BCUT2D eigenvalue weighted by molar-refractivity contribution is 0.356. The van der Waals surface area contributed by atoms with Crippen LogP contribution in [0.25, 0.3) is 0 Å². The molecule has 1 aliphatic rings. The van der Waals surface area contributed by atoms with Crippen LogP contribution in [0, 0.1) is 17.6 Å². The van der Waals surface area contributed by atoms with E-state index in [0.29, 0.717) is 17.8 Å². The van der Waals surface area contributed by atoms with Crippen molar-refractivity contribution in [2.45, 2.75) is 18.9 Å². The Balaban J connectivity index is 2.26. The summed E-state index contributed by atoms with van der Waals surface area (Å²) in [6, 6.07) is 1.87. The number of hydrogen-bond acceptors (Lipinski definition) is 2. The summed E-state index contributed by atoms with van der Waals surface area (Å²) in [4.78, 5) is 0.357. The molecule has 3 N–H and O–H groups in total. The quantitative estimate of drug-likeness (QED) is 0.643. The van der Waals surface area contributed by atoms with Gasteiger partial charge < -0.3 is 11.1 Å². The number of thiocarbonyl (C=S) groups is 1. The molecule has 2 nitrogen and oxygen atoms in total. The van der Waals surface area contributed by atoms with Gasteiger partial charge in [-0.25, -0.2) is 8.78 Å². The summed E-state index contributed by atoms with van der Waals surface area (Å²) in [5, 5.41) is 2.86. The van der Waals surface area contributed by atoms with Gasteiger partial charge in [0.15, 0.2) is 11.6 Å². The van der Waals surface area contributed by atoms with Crippen molar-refractivity contribution < 1.29 is 13.2 Å². The van der Waals surface area contributed by atoms with Gasteiger partial charge in [-0.1, -0.05) is 12.2 Å². The van der Waals surface area contributed by atoms with E-state index in [2.05, 4.69) is 5.32 Å². The average molecular weight is 274 g/mol. The first-order valence-corrected chi connectivity index (χ1v) is 6.04. The third-order valence-electron chi connectivity index (χ3n) is 3.13. The van der Waals surface area contributed by atoms with Crippen molar-refractivity contribution in [2.24, 2.45) is 5.92 Å². The van der Waals surface area contributed by atoms with Crippen LogP contribution < -0.4 is 11.1 Å². The molecule has 0 aliphatic carbocycles. The number of nitrogens with one attached hydrogen (secondary N) is 1. The number of alkyl halides is 1. The summed E-state index contributed by atoms with van der Waals surface area (Å²) < 4.78 is 39.5. The van der Waals surface area contributed by atoms with Crippen LogP contribution in [0.2, 0.25) is 0 Å². The Hall–Kier alpha value is -1.30. The lowest BCUT2D eigenvalue weighted by Gasteiger charge is -2.30. The van der Waals surface area contributed by atoms with E-state index in [4.69, 9.17) is 18.0 Å². The number of piperidine rings is 1. The molecule has 1 aliphatic heterocycles. The van der Waals surface area contributed by atoms with E-state index in [-0.39, 0.29) is 17.2 Å². The molecule has 0 spiro atoms. The van der Waals surface area contributed by atoms with E-state index < -0.39 is 24.4 Å². The van der Waals surface area contributed by atoms with Crippen molar-refractivity contribution in [1.82, 2.24) is 5.32 Å². The average Bonchev–Trinajstić information content (AvgIpc) is 2.33. The number of nitrogens with two attached hydrogens (primary N) is 1. The minimum absolute atomic E-state index is 0.146. The Morgan fingerprint density at radius 2 is 2.06 bits per heavy atom. The smallest absolute Gasteiger partial charge is 0.164 e. The Bertz CT molecular complexity index is 479. The molecule has 1 heterocycles. The van der Waals surface area contributed by atoms with Crippen LogP contribution in [-0.4, -0.2) is 11.7 Å². The van der Waals surface area contributed by atoms with Crippen LogP contribution in [0.1, 0.15) is 24.4 Å². The summed E-state index contributed by atoms with van der Waals surface area (Å²) in [6.45, 7) is -0.535. The molecule has 2 unspecified atom stereocenters. The third kappa shape index (κ3) is 2.43. The second-order valence-corrected chi connectivity index (χ2v) is 4.84. The predicted octanol–water partition coefficient (Wildman–Crippen LogP) is 2.88. The first-order valence-electron chi connectivity index (χ1n) is 5.63. The van der Waals surface area contributed by atoms with Crippen LogP contribution in [0.5, 0.6) is 0 Å². The van der Waals surface area contributed by atoms with E-state index in [1.54, 1.807) is 0 Å². The molecule has 0 saturated carbocycles. The van der Waals surface area contributed by atoms with Crippen molar-refractivity contribution >= 4 is 22.9 Å². The molecule has 6 heteroatoms. The predicted molar refractivity (Wildman–Crippen MR) is 67.9 cm³/mol. The highest BCUT2D eigenvalue weighted by Gasteiger charge is 2.28. The fourth-order valence-electron chi connectivity index (χ4n) is 2.13. The highest BCUT2D eigenvalue weighted by molar-refractivity contribution is 7.80. The van der Waals surface area contributed by atoms with Gasteiger partial charge in [0.25, 0.3) is 0 Å². The van der Waals surface area contributed by atoms with E-state index in [0.717, 1.165) is 6.07 Å². The lowest BCUT2D eigenvalue weighted by Crippen LogP contribution is -2.39. The summed E-state index contributed by atoms with van der Waals surface area (Å²) in [6.07, 6.45) is 1.01. The monoisotopic (exact) mass is 274 g/mol. The number of anilines is 1. The SMILES string of the molecule is Nc1cc(F)c(F)c(C2CCC(CF)C(=S)N2)c1. The first kappa shape index (κ1) is 13.1. The number of halogens is 3. The highest BCUT2D eigenvalue weighted by Crippen LogP contribution is 2.31. The number of rotatable bonds is 2. The molecule has 18 heavy (non-hydrogen) atoms. The fraction of sp³-hybridized carbons (Fsp3) is 0.417. The molecule has 98 valence electrons. The van der Waals surface area contributed by atoms with Crippen molar-refractivity contribution in [3.8, 4) is 0 Å². The van der Waals surface area contributed by atoms with Crippen LogP contribution in [0.4, 0.5) is 18.9 Å². The Kier molecular flexibility index (Phi) is 3.75. The van der Waals surface area contributed by atoms with Gasteiger partial charge in [-0.2, -0.15) is 0 Å². The molecule has 0 amide bonds. The topological polar surface area (TPSA) is 38.0 Å². The zero-order valence-electron chi connectivity index (χ0n) is 9.55. The van der Waals surface area contributed by atoms with Gasteiger partial charge in [0.1, 0.15) is 0 Å². The summed E-state index contributed by atoms with van der Waals surface area (Å²) in [5.41, 5.74) is 5.80. The van der Waals surface area contributed by atoms with Crippen LogP contribution in [0.15, 0.2) is 12.1 Å². The van der Waals surface area contributed by atoms with Gasteiger partial charge >= 0.3 is 0 Å². The van der Waals surface area contributed by atoms with E-state index in [1.165, 1.54) is 6.07 Å². The van der Waals surface area contributed by atoms with Gasteiger partial charge in [0.2, 0.25) is 0 Å². The fourth-order valence-corrected chi connectivity index (χ4v) is 2.45. The first-order chi connectivity index (χ1) is 8.52. The normalized spacial score (nSPS) is 23.8. The minimum atomic E-state index is -0.981. The van der Waals surface area contributed by atoms with Gasteiger partial charge in [-0.05, 0) is 25.0 Å². The molecule has 1 aromatic rings. The van der Waals surface area contributed by atoms with Crippen molar-refractivity contribution in [1.29, 1.82) is 0 Å². The standard InChI is InChI=1S/C12H13F3N2S/c13-5-6-1-2-10(17-12(6)18)8-3-7(16)4-9(14)11(8)15/h3-4,6,10H,1-2,5,16H2,(H,17,18). The van der Waals surface area contributed by atoms with Crippen LogP contribution in [0.3, 0.4) is 0 Å². The second kappa shape index (κ2) is 5.14. The van der Waals surface area contributed by atoms with Gasteiger partial charge in [0, 0.05) is 17.2 Å². The molecule has 1 aromatic carbocycles. The van der Waals surface area contributed by atoms with Crippen molar-refractivity contribution in [3.05, 3.63) is 29.3 Å². The van der Waals surface area contributed by atoms with Crippen molar-refractivity contribution in [3.63, 3.8) is 0 Å². The maximum atomic E-state index is 13.7. The maximum Gasteiger partial charge on any atom is 0.164 e. The maximum absolute atomic E-state index is 13.7. The molecule has 0 bridgehead atoms. The molecule has 0 aromatic heterocycles. The molecular formula is C12H13F3N2S. The zero-order valence-corrected chi connectivity index (χ0v) is 10.4. The van der Waals surface area contributed by atoms with Crippen molar-refractivity contribution in [2.75, 3.05) is 12.4 Å². The van der Waals surface area contributed by atoms with Crippen LogP contribution in [-0.2, 0) is 0 Å². The molecule has 0 radical (unpaired) electrons. The summed E-state index contributed by atoms with van der Waals surface area (Å²) >= 11 is 5.01. The third-order valence-corrected chi connectivity index (χ3v) is 3.58. The van der Waals surface area contributed by atoms with Gasteiger partial charge in [-0.15, -0.1) is 0 Å². The van der Waals surface area contributed by atoms with Gasteiger partial charge in [0.05, 0.1) is 17.7 Å². The van der Waals surface area contributed by atoms with Crippen LogP contribution >= 0.6 is 12.2 Å². The molecule has 1 saturated heterocycles. The molecule has 2 atom stereocenters.